The Morgan fingerprint density at radius 1 is 1.18 bits per heavy atom. The van der Waals surface area contributed by atoms with Crippen molar-refractivity contribution in [2.45, 2.75) is 19.8 Å². The first kappa shape index (κ1) is 14.3. The maximum atomic E-state index is 12.2. The van der Waals surface area contributed by atoms with Crippen molar-refractivity contribution in [2.24, 2.45) is 0 Å². The molecule has 1 aromatic heterocycles. The summed E-state index contributed by atoms with van der Waals surface area (Å²) in [4.78, 5) is 26.0. The Bertz CT molecular complexity index is 685. The highest BCUT2D eigenvalue weighted by Gasteiger charge is 2.19. The summed E-state index contributed by atoms with van der Waals surface area (Å²) in [6.45, 7) is 3.37. The predicted octanol–water partition coefficient (Wildman–Crippen LogP) is 2.47. The maximum absolute atomic E-state index is 12.2. The number of aromatic nitrogens is 1. The third-order valence-electron chi connectivity index (χ3n) is 3.64. The number of carbonyl (C=O) groups is 2. The monoisotopic (exact) mass is 299 g/mol. The first-order chi connectivity index (χ1) is 10.6. The van der Waals surface area contributed by atoms with E-state index < -0.39 is 0 Å². The Hall–Kier alpha value is -2.63. The van der Waals surface area contributed by atoms with Gasteiger partial charge in [0.15, 0.2) is 5.69 Å². The molecule has 0 bridgehead atoms. The number of hydrogen-bond acceptors (Lipinski definition) is 4. The molecule has 0 atom stereocenters. The van der Waals surface area contributed by atoms with Gasteiger partial charge >= 0.3 is 0 Å². The molecule has 2 amide bonds. The lowest BCUT2D eigenvalue weighted by Gasteiger charge is -2.15. The van der Waals surface area contributed by atoms with Crippen LogP contribution in [0.15, 0.2) is 34.9 Å². The van der Waals surface area contributed by atoms with Crippen LogP contribution >= 0.6 is 0 Å². The molecule has 0 radical (unpaired) electrons. The van der Waals surface area contributed by atoms with E-state index in [4.69, 9.17) is 4.52 Å². The Balaban J connectivity index is 1.66. The lowest BCUT2D eigenvalue weighted by atomic mass is 10.2. The van der Waals surface area contributed by atoms with Crippen molar-refractivity contribution in [3.8, 4) is 0 Å². The van der Waals surface area contributed by atoms with Gasteiger partial charge in [0.1, 0.15) is 5.76 Å². The smallest absolute Gasteiger partial charge is 0.277 e. The number of hydrogen-bond donors (Lipinski definition) is 1. The van der Waals surface area contributed by atoms with Crippen LogP contribution in [0.25, 0.3) is 0 Å². The van der Waals surface area contributed by atoms with Crippen LogP contribution in [0.2, 0.25) is 0 Å². The molecule has 1 fully saturated rings. The third-order valence-corrected chi connectivity index (χ3v) is 3.64. The van der Waals surface area contributed by atoms with Crippen molar-refractivity contribution >= 4 is 17.5 Å². The van der Waals surface area contributed by atoms with Crippen LogP contribution in [-0.4, -0.2) is 35.0 Å². The molecule has 3 rings (SSSR count). The number of benzene rings is 1. The summed E-state index contributed by atoms with van der Waals surface area (Å²) in [5.74, 6) is 0.287. The Labute approximate surface area is 128 Å². The van der Waals surface area contributed by atoms with Crippen molar-refractivity contribution in [1.82, 2.24) is 10.1 Å². The standard InChI is InChI=1S/C16H17N3O3/c1-11-10-14(18-22-11)15(20)17-13-6-4-12(5-7-13)16(21)19-8-2-3-9-19/h4-7,10H,2-3,8-9H2,1H3,(H,17,20). The topological polar surface area (TPSA) is 75.4 Å². The summed E-state index contributed by atoms with van der Waals surface area (Å²) in [6.07, 6.45) is 2.13. The first-order valence-corrected chi connectivity index (χ1v) is 7.27. The number of nitrogens with one attached hydrogen (secondary N) is 1. The number of nitrogens with zero attached hydrogens (tertiary/aromatic N) is 2. The molecule has 22 heavy (non-hydrogen) atoms. The molecule has 1 saturated heterocycles. The fourth-order valence-corrected chi connectivity index (χ4v) is 2.47. The second-order valence-electron chi connectivity index (χ2n) is 5.35. The van der Waals surface area contributed by atoms with E-state index >= 15 is 0 Å². The first-order valence-electron chi connectivity index (χ1n) is 7.27. The summed E-state index contributed by atoms with van der Waals surface area (Å²) in [5.41, 5.74) is 1.48. The maximum Gasteiger partial charge on any atom is 0.277 e. The third kappa shape index (κ3) is 3.00. The molecule has 1 aromatic carbocycles. The van der Waals surface area contributed by atoms with Crippen molar-refractivity contribution < 1.29 is 14.1 Å². The van der Waals surface area contributed by atoms with Gasteiger partial charge in [-0.1, -0.05) is 5.16 Å². The minimum atomic E-state index is -0.338. The molecule has 0 unspecified atom stereocenters. The molecule has 0 spiro atoms. The van der Waals surface area contributed by atoms with Gasteiger partial charge in [0.25, 0.3) is 11.8 Å². The summed E-state index contributed by atoms with van der Waals surface area (Å²) in [7, 11) is 0. The normalized spacial score (nSPS) is 14.1. The molecular formula is C16H17N3O3. The second-order valence-corrected chi connectivity index (χ2v) is 5.35. The zero-order valence-electron chi connectivity index (χ0n) is 12.3. The zero-order chi connectivity index (χ0) is 15.5. The van der Waals surface area contributed by atoms with Crippen molar-refractivity contribution in [3.63, 3.8) is 0 Å². The average molecular weight is 299 g/mol. The lowest BCUT2D eigenvalue weighted by Crippen LogP contribution is -2.27. The van der Waals surface area contributed by atoms with E-state index in [9.17, 15) is 9.59 Å². The van der Waals surface area contributed by atoms with E-state index in [1.807, 2.05) is 4.90 Å². The number of rotatable bonds is 3. The van der Waals surface area contributed by atoms with Crippen molar-refractivity contribution in [1.29, 1.82) is 0 Å². The van der Waals surface area contributed by atoms with E-state index in [1.165, 1.54) is 0 Å². The number of aryl methyl sites for hydroxylation is 1. The van der Waals surface area contributed by atoms with Gasteiger partial charge < -0.3 is 14.7 Å². The van der Waals surface area contributed by atoms with Gasteiger partial charge in [-0.15, -0.1) is 0 Å². The van der Waals surface area contributed by atoms with E-state index in [2.05, 4.69) is 10.5 Å². The number of amides is 2. The summed E-state index contributed by atoms with van der Waals surface area (Å²) >= 11 is 0. The van der Waals surface area contributed by atoms with Gasteiger partial charge in [0.2, 0.25) is 0 Å². The fourth-order valence-electron chi connectivity index (χ4n) is 2.47. The number of anilines is 1. The zero-order valence-corrected chi connectivity index (χ0v) is 12.3. The SMILES string of the molecule is Cc1cc(C(=O)Nc2ccc(C(=O)N3CCCC3)cc2)no1. The number of likely N-dealkylation sites (tertiary alicyclic amines) is 1. The van der Waals surface area contributed by atoms with Crippen LogP contribution in [0.1, 0.15) is 39.4 Å². The molecule has 0 saturated carbocycles. The summed E-state index contributed by atoms with van der Waals surface area (Å²) in [5, 5.41) is 6.38. The average Bonchev–Trinajstić information content (AvgIpc) is 3.18. The molecule has 6 heteroatoms. The Kier molecular flexibility index (Phi) is 3.91. The quantitative estimate of drug-likeness (QED) is 0.944. The van der Waals surface area contributed by atoms with Gasteiger partial charge in [0, 0.05) is 30.4 Å². The summed E-state index contributed by atoms with van der Waals surface area (Å²) < 4.78 is 4.87. The summed E-state index contributed by atoms with van der Waals surface area (Å²) in [6, 6.07) is 8.46. The molecular weight excluding hydrogens is 282 g/mol. The lowest BCUT2D eigenvalue weighted by molar-refractivity contribution is 0.0792. The minimum Gasteiger partial charge on any atom is -0.361 e. The molecule has 1 aliphatic rings. The highest BCUT2D eigenvalue weighted by molar-refractivity contribution is 6.03. The van der Waals surface area contributed by atoms with E-state index in [0.717, 1.165) is 25.9 Å². The predicted molar refractivity (Wildman–Crippen MR) is 80.8 cm³/mol. The fraction of sp³-hybridized carbons (Fsp3) is 0.312. The molecule has 2 heterocycles. The van der Waals surface area contributed by atoms with Crippen LogP contribution in [0.5, 0.6) is 0 Å². The molecule has 1 aliphatic heterocycles. The van der Waals surface area contributed by atoms with E-state index in [1.54, 1.807) is 37.3 Å². The van der Waals surface area contributed by atoms with Gasteiger partial charge in [-0.3, -0.25) is 9.59 Å². The van der Waals surface area contributed by atoms with Crippen molar-refractivity contribution in [3.05, 3.63) is 47.3 Å². The van der Waals surface area contributed by atoms with Gasteiger partial charge in [0.05, 0.1) is 0 Å². The highest BCUT2D eigenvalue weighted by atomic mass is 16.5. The Morgan fingerprint density at radius 2 is 1.86 bits per heavy atom. The van der Waals surface area contributed by atoms with E-state index in [-0.39, 0.29) is 17.5 Å². The van der Waals surface area contributed by atoms with Crippen molar-refractivity contribution in [2.75, 3.05) is 18.4 Å². The Morgan fingerprint density at radius 3 is 2.45 bits per heavy atom. The second kappa shape index (κ2) is 6.01. The largest absolute Gasteiger partial charge is 0.361 e. The molecule has 6 nitrogen and oxygen atoms in total. The molecule has 0 aliphatic carbocycles. The number of carbonyl (C=O) groups excluding carboxylic acids is 2. The van der Waals surface area contributed by atoms with Crippen LogP contribution in [0.4, 0.5) is 5.69 Å². The van der Waals surface area contributed by atoms with Gasteiger partial charge in [-0.25, -0.2) is 0 Å². The van der Waals surface area contributed by atoms with E-state index in [0.29, 0.717) is 17.0 Å². The van der Waals surface area contributed by atoms with Crippen LogP contribution in [0, 0.1) is 6.92 Å². The van der Waals surface area contributed by atoms with Gasteiger partial charge in [-0.05, 0) is 44.0 Å². The van der Waals surface area contributed by atoms with Crippen LogP contribution in [0.3, 0.4) is 0 Å². The molecule has 1 N–H and O–H groups in total. The van der Waals surface area contributed by atoms with Crippen LogP contribution < -0.4 is 5.32 Å². The molecule has 2 aromatic rings. The highest BCUT2D eigenvalue weighted by Crippen LogP contribution is 2.16. The molecule has 114 valence electrons. The minimum absolute atomic E-state index is 0.0440. The van der Waals surface area contributed by atoms with Gasteiger partial charge in [-0.2, -0.15) is 0 Å². The van der Waals surface area contributed by atoms with Crippen LogP contribution in [-0.2, 0) is 0 Å².